The Morgan fingerprint density at radius 2 is 1.92 bits per heavy atom. The van der Waals surface area contributed by atoms with Crippen LogP contribution in [0.2, 0.25) is 0 Å². The van der Waals surface area contributed by atoms with Gasteiger partial charge in [-0.3, -0.25) is 10.1 Å². The number of non-ortho nitro benzene ring substituents is 1. The zero-order valence-corrected chi connectivity index (χ0v) is 14.6. The van der Waals surface area contributed by atoms with Gasteiger partial charge in [-0.25, -0.2) is 4.79 Å². The average Bonchev–Trinajstić information content (AvgIpc) is 2.58. The van der Waals surface area contributed by atoms with Gasteiger partial charge in [-0.1, -0.05) is 27.2 Å². The van der Waals surface area contributed by atoms with E-state index in [0.29, 0.717) is 13.2 Å². The van der Waals surface area contributed by atoms with Crippen LogP contribution in [0.5, 0.6) is 5.75 Å². The molecule has 24 heavy (non-hydrogen) atoms. The molecule has 1 rings (SSSR count). The van der Waals surface area contributed by atoms with E-state index in [4.69, 9.17) is 9.47 Å². The molecule has 0 fully saturated rings. The molecule has 0 saturated heterocycles. The summed E-state index contributed by atoms with van der Waals surface area (Å²) in [6.45, 7) is 9.19. The van der Waals surface area contributed by atoms with Crippen molar-refractivity contribution >= 4 is 11.7 Å². The molecule has 0 aliphatic carbocycles. The fraction of sp³-hybridized carbons (Fsp3) is 0.588. The number of hydrogen-bond acceptors (Lipinski definition) is 6. The van der Waals surface area contributed by atoms with E-state index in [2.05, 4.69) is 4.90 Å². The molecular formula is C17H26N2O5. The number of rotatable bonds is 11. The lowest BCUT2D eigenvalue weighted by Gasteiger charge is -2.17. The number of carbonyl (C=O) groups excluding carboxylic acids is 1. The van der Waals surface area contributed by atoms with Crippen LogP contribution in [0.15, 0.2) is 18.2 Å². The van der Waals surface area contributed by atoms with E-state index in [0.717, 1.165) is 25.9 Å². The van der Waals surface area contributed by atoms with Gasteiger partial charge in [0.1, 0.15) is 17.9 Å². The number of ether oxygens (including phenoxy) is 2. The van der Waals surface area contributed by atoms with Crippen LogP contribution >= 0.6 is 0 Å². The van der Waals surface area contributed by atoms with E-state index in [1.165, 1.54) is 18.2 Å². The van der Waals surface area contributed by atoms with Crippen molar-refractivity contribution in [3.05, 3.63) is 33.9 Å². The third-order valence-electron chi connectivity index (χ3n) is 3.69. The summed E-state index contributed by atoms with van der Waals surface area (Å²) >= 11 is 0. The van der Waals surface area contributed by atoms with Gasteiger partial charge in [0.2, 0.25) is 0 Å². The van der Waals surface area contributed by atoms with Crippen LogP contribution in [-0.4, -0.2) is 48.6 Å². The normalized spacial score (nSPS) is 10.7. The monoisotopic (exact) mass is 338 g/mol. The maximum absolute atomic E-state index is 12.2. The quantitative estimate of drug-likeness (QED) is 0.266. The van der Waals surface area contributed by atoms with Gasteiger partial charge in [0.05, 0.1) is 17.6 Å². The molecular weight excluding hydrogens is 312 g/mol. The van der Waals surface area contributed by atoms with E-state index in [1.807, 2.05) is 20.8 Å². The van der Waals surface area contributed by atoms with E-state index in [1.54, 1.807) is 0 Å². The number of unbranched alkanes of at least 4 members (excludes halogenated alkanes) is 1. The molecule has 0 aliphatic rings. The molecule has 1 aromatic rings. The highest BCUT2D eigenvalue weighted by molar-refractivity contribution is 5.93. The standard InChI is InChI=1S/C17H26N2O5/c1-4-7-11-23-16-13-14(19(21)22)8-9-15(16)17(20)24-12-10-18(5-2)6-3/h8-9,13H,4-7,10-12H2,1-3H3. The molecule has 7 heteroatoms. The lowest BCUT2D eigenvalue weighted by atomic mass is 10.2. The Balaban J connectivity index is 2.79. The van der Waals surface area contributed by atoms with Crippen LogP contribution in [-0.2, 0) is 4.74 Å². The van der Waals surface area contributed by atoms with Gasteiger partial charge in [0.15, 0.2) is 0 Å². The molecule has 1 aromatic carbocycles. The minimum Gasteiger partial charge on any atom is -0.492 e. The van der Waals surface area contributed by atoms with Crippen LogP contribution < -0.4 is 4.74 Å². The van der Waals surface area contributed by atoms with Crippen molar-refractivity contribution in [1.29, 1.82) is 0 Å². The molecule has 0 N–H and O–H groups in total. The van der Waals surface area contributed by atoms with Gasteiger partial charge >= 0.3 is 5.97 Å². The maximum atomic E-state index is 12.2. The number of esters is 1. The molecule has 0 amide bonds. The van der Waals surface area contributed by atoms with Crippen molar-refractivity contribution < 1.29 is 19.2 Å². The summed E-state index contributed by atoms with van der Waals surface area (Å²) in [5.74, 6) is -0.325. The second-order valence-corrected chi connectivity index (χ2v) is 5.30. The lowest BCUT2D eigenvalue weighted by Crippen LogP contribution is -2.28. The van der Waals surface area contributed by atoms with Crippen molar-refractivity contribution in [2.24, 2.45) is 0 Å². The van der Waals surface area contributed by atoms with Crippen LogP contribution in [0.25, 0.3) is 0 Å². The molecule has 0 radical (unpaired) electrons. The van der Waals surface area contributed by atoms with E-state index in [-0.39, 0.29) is 23.6 Å². The summed E-state index contributed by atoms with van der Waals surface area (Å²) in [6, 6.07) is 3.95. The molecule has 0 aliphatic heterocycles. The predicted molar refractivity (Wildman–Crippen MR) is 91.6 cm³/mol. The third-order valence-corrected chi connectivity index (χ3v) is 3.69. The van der Waals surface area contributed by atoms with E-state index in [9.17, 15) is 14.9 Å². The molecule has 134 valence electrons. The Kier molecular flexibility index (Phi) is 8.78. The Hall–Kier alpha value is -2.15. The van der Waals surface area contributed by atoms with Gasteiger partial charge < -0.3 is 14.4 Å². The molecule has 0 atom stereocenters. The summed E-state index contributed by atoms with van der Waals surface area (Å²) < 4.78 is 10.8. The van der Waals surface area contributed by atoms with Crippen LogP contribution in [0.1, 0.15) is 44.0 Å². The molecule has 0 heterocycles. The fourth-order valence-electron chi connectivity index (χ4n) is 2.12. The summed E-state index contributed by atoms with van der Waals surface area (Å²) in [7, 11) is 0. The predicted octanol–water partition coefficient (Wildman–Crippen LogP) is 3.27. The van der Waals surface area contributed by atoms with E-state index >= 15 is 0 Å². The molecule has 0 spiro atoms. The number of nitro groups is 1. The smallest absolute Gasteiger partial charge is 0.341 e. The average molecular weight is 338 g/mol. The SMILES string of the molecule is CCCCOc1cc([N+](=O)[O-])ccc1C(=O)OCCN(CC)CC. The van der Waals surface area contributed by atoms with E-state index < -0.39 is 10.9 Å². The molecule has 0 bridgehead atoms. The topological polar surface area (TPSA) is 81.9 Å². The Labute approximate surface area is 142 Å². The number of benzene rings is 1. The Morgan fingerprint density at radius 3 is 2.50 bits per heavy atom. The maximum Gasteiger partial charge on any atom is 0.341 e. The zero-order valence-electron chi connectivity index (χ0n) is 14.6. The van der Waals surface area contributed by atoms with Crippen LogP contribution in [0.4, 0.5) is 5.69 Å². The van der Waals surface area contributed by atoms with Gasteiger partial charge in [-0.2, -0.15) is 0 Å². The molecule has 0 unspecified atom stereocenters. The number of nitrogens with zero attached hydrogens (tertiary/aromatic N) is 2. The molecule has 0 aromatic heterocycles. The Morgan fingerprint density at radius 1 is 1.21 bits per heavy atom. The number of carbonyl (C=O) groups is 1. The van der Waals surface area contributed by atoms with Gasteiger partial charge in [0.25, 0.3) is 5.69 Å². The van der Waals surface area contributed by atoms with Gasteiger partial charge in [-0.05, 0) is 25.6 Å². The molecule has 7 nitrogen and oxygen atoms in total. The summed E-state index contributed by atoms with van der Waals surface area (Å²) in [4.78, 5) is 24.8. The van der Waals surface area contributed by atoms with Crippen molar-refractivity contribution in [2.75, 3.05) is 32.8 Å². The zero-order chi connectivity index (χ0) is 17.9. The van der Waals surface area contributed by atoms with Crippen molar-refractivity contribution in [3.8, 4) is 5.75 Å². The van der Waals surface area contributed by atoms with Crippen LogP contribution in [0.3, 0.4) is 0 Å². The number of hydrogen-bond donors (Lipinski definition) is 0. The minimum absolute atomic E-state index is 0.110. The first-order valence-electron chi connectivity index (χ1n) is 8.34. The largest absolute Gasteiger partial charge is 0.492 e. The minimum atomic E-state index is -0.524. The number of likely N-dealkylation sites (N-methyl/N-ethyl adjacent to an activating group) is 1. The second-order valence-electron chi connectivity index (χ2n) is 5.30. The highest BCUT2D eigenvalue weighted by atomic mass is 16.6. The first-order chi connectivity index (χ1) is 11.5. The first kappa shape index (κ1) is 19.9. The first-order valence-corrected chi connectivity index (χ1v) is 8.34. The summed E-state index contributed by atoms with van der Waals surface area (Å²) in [5.41, 5.74) is 0.109. The highest BCUT2D eigenvalue weighted by Gasteiger charge is 2.18. The van der Waals surface area contributed by atoms with Gasteiger partial charge in [-0.15, -0.1) is 0 Å². The van der Waals surface area contributed by atoms with Crippen molar-refractivity contribution in [3.63, 3.8) is 0 Å². The van der Waals surface area contributed by atoms with Crippen molar-refractivity contribution in [2.45, 2.75) is 33.6 Å². The summed E-state index contributed by atoms with van der Waals surface area (Å²) in [5, 5.41) is 10.9. The number of nitro benzene ring substituents is 1. The highest BCUT2D eigenvalue weighted by Crippen LogP contribution is 2.26. The third kappa shape index (κ3) is 6.16. The van der Waals surface area contributed by atoms with Crippen LogP contribution in [0, 0.1) is 10.1 Å². The second kappa shape index (κ2) is 10.6. The summed E-state index contributed by atoms with van der Waals surface area (Å²) in [6.07, 6.45) is 1.73. The van der Waals surface area contributed by atoms with Gasteiger partial charge in [0, 0.05) is 12.6 Å². The fourth-order valence-corrected chi connectivity index (χ4v) is 2.12. The lowest BCUT2D eigenvalue weighted by molar-refractivity contribution is -0.384. The Bertz CT molecular complexity index is 544. The van der Waals surface area contributed by atoms with Crippen molar-refractivity contribution in [1.82, 2.24) is 4.90 Å². The molecule has 0 saturated carbocycles.